The van der Waals surface area contributed by atoms with Crippen molar-refractivity contribution in [3.63, 3.8) is 0 Å². The molecule has 0 spiro atoms. The SMILES string of the molecule is C=CCCCCCCCCCCCCCCCC.O=C(O)O.[Cs+].[H-]. The van der Waals surface area contributed by atoms with Gasteiger partial charge in [-0.15, -0.1) is 6.58 Å². The Morgan fingerprint density at radius 1 is 0.783 bits per heavy atom. The van der Waals surface area contributed by atoms with Crippen LogP contribution in [0, 0.1) is 0 Å². The van der Waals surface area contributed by atoms with Gasteiger partial charge < -0.3 is 11.6 Å². The van der Waals surface area contributed by atoms with Gasteiger partial charge in [0, 0.05) is 0 Å². The zero-order valence-electron chi connectivity index (χ0n) is 16.7. The second-order valence-corrected chi connectivity index (χ2v) is 5.96. The van der Waals surface area contributed by atoms with Crippen molar-refractivity contribution in [1.29, 1.82) is 0 Å². The van der Waals surface area contributed by atoms with Gasteiger partial charge in [0.1, 0.15) is 0 Å². The van der Waals surface area contributed by atoms with Gasteiger partial charge in [-0.05, 0) is 12.8 Å². The summed E-state index contributed by atoms with van der Waals surface area (Å²) in [6.45, 7) is 6.05. The molecule has 0 aliphatic carbocycles. The third kappa shape index (κ3) is 39.7. The first-order valence-electron chi connectivity index (χ1n) is 9.17. The number of carboxylic acid groups (broad SMARTS) is 2. The number of hydrogen-bond acceptors (Lipinski definition) is 1. The maximum atomic E-state index is 8.56. The fourth-order valence-corrected chi connectivity index (χ4v) is 2.48. The third-order valence-electron chi connectivity index (χ3n) is 3.76. The molecule has 0 saturated carbocycles. The molecule has 0 aromatic carbocycles. The van der Waals surface area contributed by atoms with E-state index in [-0.39, 0.29) is 70.3 Å². The van der Waals surface area contributed by atoms with E-state index in [1.807, 2.05) is 6.08 Å². The Morgan fingerprint density at radius 2 is 1.04 bits per heavy atom. The molecule has 0 saturated heterocycles. The van der Waals surface area contributed by atoms with Crippen molar-refractivity contribution in [3.05, 3.63) is 12.7 Å². The van der Waals surface area contributed by atoms with Crippen LogP contribution in [0.2, 0.25) is 0 Å². The molecule has 0 aromatic rings. The summed E-state index contributed by atoms with van der Waals surface area (Å²) < 4.78 is 0. The molecule has 0 bridgehead atoms. The number of unbranched alkanes of at least 4 members (excludes halogenated alkanes) is 14. The average Bonchev–Trinajstić information content (AvgIpc) is 2.47. The molecule has 0 aliphatic heterocycles. The minimum Gasteiger partial charge on any atom is -1.00 e. The normalized spacial score (nSPS) is 9.43. The van der Waals surface area contributed by atoms with E-state index in [0.29, 0.717) is 0 Å². The Labute approximate surface area is 204 Å². The molecule has 134 valence electrons. The molecule has 0 aromatic heterocycles. The van der Waals surface area contributed by atoms with Crippen molar-refractivity contribution in [1.82, 2.24) is 0 Å². The third-order valence-corrected chi connectivity index (χ3v) is 3.76. The molecule has 23 heavy (non-hydrogen) atoms. The summed E-state index contributed by atoms with van der Waals surface area (Å²) in [5.41, 5.74) is 0. The second kappa shape index (κ2) is 27.9. The molecule has 0 radical (unpaired) electrons. The van der Waals surface area contributed by atoms with E-state index >= 15 is 0 Å². The minimum atomic E-state index is -1.83. The van der Waals surface area contributed by atoms with Crippen LogP contribution in [0.5, 0.6) is 0 Å². The summed E-state index contributed by atoms with van der Waals surface area (Å²) in [5, 5.41) is 13.9. The molecule has 0 aliphatic rings. The van der Waals surface area contributed by atoms with Crippen LogP contribution in [0.15, 0.2) is 12.7 Å². The van der Waals surface area contributed by atoms with E-state index in [1.54, 1.807) is 0 Å². The fraction of sp³-hybridized carbons (Fsp3) is 0.842. The van der Waals surface area contributed by atoms with E-state index in [2.05, 4.69) is 13.5 Å². The standard InChI is InChI=1S/C18H36.CH2O3.Cs.H/c1-3-5-7-9-11-13-15-17-18-16-14-12-10-8-6-4-2;2-1(3)4;;/h3H,1,4-18H2,2H3;(H2,2,3,4);;/q;;+1;-1. The molecular formula is C19H39CsO3. The number of carbonyl (C=O) groups is 1. The van der Waals surface area contributed by atoms with Gasteiger partial charge in [-0.2, -0.15) is 0 Å². The van der Waals surface area contributed by atoms with Crippen LogP contribution in [0.4, 0.5) is 4.79 Å². The van der Waals surface area contributed by atoms with Gasteiger partial charge >= 0.3 is 75.0 Å². The smallest absolute Gasteiger partial charge is 1.00 e. The van der Waals surface area contributed by atoms with Gasteiger partial charge in [-0.1, -0.05) is 96.5 Å². The minimum absolute atomic E-state index is 0. The Hall–Kier alpha value is 1.06. The quantitative estimate of drug-likeness (QED) is 0.289. The summed E-state index contributed by atoms with van der Waals surface area (Å²) in [6.07, 6.45) is 21.6. The van der Waals surface area contributed by atoms with E-state index in [0.717, 1.165) is 0 Å². The zero-order chi connectivity index (χ0) is 16.9. The molecular weight excluding hydrogens is 409 g/mol. The summed E-state index contributed by atoms with van der Waals surface area (Å²) >= 11 is 0. The van der Waals surface area contributed by atoms with E-state index in [1.165, 1.54) is 96.3 Å². The van der Waals surface area contributed by atoms with Crippen molar-refractivity contribution in [2.24, 2.45) is 0 Å². The van der Waals surface area contributed by atoms with Crippen LogP contribution in [0.3, 0.4) is 0 Å². The molecule has 0 atom stereocenters. The predicted molar refractivity (Wildman–Crippen MR) is 96.9 cm³/mol. The Kier molecular flexibility index (Phi) is 35.0. The van der Waals surface area contributed by atoms with Gasteiger partial charge in [-0.25, -0.2) is 4.79 Å². The van der Waals surface area contributed by atoms with Crippen molar-refractivity contribution >= 4 is 6.16 Å². The van der Waals surface area contributed by atoms with Gasteiger partial charge in [0.15, 0.2) is 0 Å². The van der Waals surface area contributed by atoms with Gasteiger partial charge in [0.05, 0.1) is 0 Å². The van der Waals surface area contributed by atoms with Crippen LogP contribution in [0.1, 0.15) is 105 Å². The van der Waals surface area contributed by atoms with Gasteiger partial charge in [0.25, 0.3) is 0 Å². The Balaban J connectivity index is -0.000000298. The summed E-state index contributed by atoms with van der Waals surface area (Å²) in [6, 6.07) is 0. The van der Waals surface area contributed by atoms with Crippen molar-refractivity contribution in [2.45, 2.75) is 103 Å². The summed E-state index contributed by atoms with van der Waals surface area (Å²) in [4.78, 5) is 8.56. The monoisotopic (exact) mass is 448 g/mol. The van der Waals surface area contributed by atoms with Crippen LogP contribution >= 0.6 is 0 Å². The maximum absolute atomic E-state index is 8.56. The average molecular weight is 448 g/mol. The number of rotatable bonds is 15. The Morgan fingerprint density at radius 3 is 1.30 bits per heavy atom. The molecule has 0 amide bonds. The summed E-state index contributed by atoms with van der Waals surface area (Å²) in [5.74, 6) is 0. The molecule has 2 N–H and O–H groups in total. The first-order chi connectivity index (χ1) is 10.6. The van der Waals surface area contributed by atoms with Crippen LogP contribution in [-0.2, 0) is 0 Å². The maximum Gasteiger partial charge on any atom is 1.00 e. The second-order valence-electron chi connectivity index (χ2n) is 5.96. The molecule has 3 nitrogen and oxygen atoms in total. The van der Waals surface area contributed by atoms with Crippen molar-refractivity contribution in [3.8, 4) is 0 Å². The van der Waals surface area contributed by atoms with E-state index in [4.69, 9.17) is 15.0 Å². The van der Waals surface area contributed by atoms with Gasteiger partial charge in [0.2, 0.25) is 0 Å². The van der Waals surface area contributed by atoms with Crippen LogP contribution in [0.25, 0.3) is 0 Å². The first kappa shape index (κ1) is 28.8. The van der Waals surface area contributed by atoms with E-state index in [9.17, 15) is 0 Å². The van der Waals surface area contributed by atoms with Crippen molar-refractivity contribution < 1.29 is 85.3 Å². The largest absolute Gasteiger partial charge is 1.00 e. The topological polar surface area (TPSA) is 57.5 Å². The Bertz CT molecular complexity index is 235. The number of hydrogen-bond donors (Lipinski definition) is 2. The molecule has 0 heterocycles. The zero-order valence-corrected chi connectivity index (χ0v) is 22.0. The van der Waals surface area contributed by atoms with Gasteiger partial charge in [-0.3, -0.25) is 0 Å². The van der Waals surface area contributed by atoms with Crippen LogP contribution in [-0.4, -0.2) is 16.4 Å². The number of allylic oxidation sites excluding steroid dienone is 1. The predicted octanol–water partition coefficient (Wildman–Crippen LogP) is 4.38. The molecule has 0 fully saturated rings. The fourth-order valence-electron chi connectivity index (χ4n) is 2.48. The summed E-state index contributed by atoms with van der Waals surface area (Å²) in [7, 11) is 0. The molecule has 4 heteroatoms. The van der Waals surface area contributed by atoms with E-state index < -0.39 is 6.16 Å². The van der Waals surface area contributed by atoms with Crippen LogP contribution < -0.4 is 68.9 Å². The first-order valence-corrected chi connectivity index (χ1v) is 9.17. The molecule has 0 rings (SSSR count). The molecule has 0 unspecified atom stereocenters. The van der Waals surface area contributed by atoms with Crippen molar-refractivity contribution in [2.75, 3.05) is 0 Å².